The van der Waals surface area contributed by atoms with Crippen LogP contribution in [0.1, 0.15) is 41.0 Å². The molecule has 1 saturated carbocycles. The predicted molar refractivity (Wildman–Crippen MR) is 157 cm³/mol. The summed E-state index contributed by atoms with van der Waals surface area (Å²) in [6.45, 7) is 0.828. The highest BCUT2D eigenvalue weighted by atomic mass is 16.5. The topological polar surface area (TPSA) is 59.1 Å². The van der Waals surface area contributed by atoms with E-state index in [4.69, 9.17) is 9.47 Å². The molecule has 6 heteroatoms. The number of anilines is 1. The van der Waals surface area contributed by atoms with Crippen LogP contribution < -0.4 is 9.64 Å². The SMILES string of the molecule is COC(=O)[C@]12CN(C(=O)/C=C/c3ccccc3OC)C[C@H]1[C@]1(c3cccc(N(C)C)c3)CC[C@H]2c2ccccc21. The lowest BCUT2D eigenvalue weighted by Crippen LogP contribution is -2.60. The van der Waals surface area contributed by atoms with Gasteiger partial charge in [-0.1, -0.05) is 54.6 Å². The van der Waals surface area contributed by atoms with E-state index in [1.807, 2.05) is 43.3 Å². The summed E-state index contributed by atoms with van der Waals surface area (Å²) in [5.74, 6) is 0.275. The second-order valence-electron chi connectivity index (χ2n) is 11.5. The number of ether oxygens (including phenoxy) is 2. The molecule has 3 aromatic carbocycles. The quantitative estimate of drug-likeness (QED) is 0.317. The molecular weight excluding hydrogens is 500 g/mol. The Hall–Kier alpha value is -4.06. The predicted octanol–water partition coefficient (Wildman–Crippen LogP) is 5.27. The first kappa shape index (κ1) is 26.2. The highest BCUT2D eigenvalue weighted by Crippen LogP contribution is 2.69. The molecule has 0 radical (unpaired) electrons. The highest BCUT2D eigenvalue weighted by Gasteiger charge is 2.71. The maximum Gasteiger partial charge on any atom is 0.314 e. The summed E-state index contributed by atoms with van der Waals surface area (Å²) < 4.78 is 11.0. The Kier molecular flexibility index (Phi) is 6.44. The van der Waals surface area contributed by atoms with Gasteiger partial charge < -0.3 is 19.3 Å². The Labute approximate surface area is 236 Å². The number of amides is 1. The summed E-state index contributed by atoms with van der Waals surface area (Å²) in [4.78, 5) is 31.7. The van der Waals surface area contributed by atoms with E-state index in [9.17, 15) is 9.59 Å². The van der Waals surface area contributed by atoms with Gasteiger partial charge in [-0.3, -0.25) is 9.59 Å². The fourth-order valence-corrected chi connectivity index (χ4v) is 7.93. The van der Waals surface area contributed by atoms with Crippen LogP contribution >= 0.6 is 0 Å². The lowest BCUT2D eigenvalue weighted by molar-refractivity contribution is -0.161. The van der Waals surface area contributed by atoms with Crippen molar-refractivity contribution in [1.29, 1.82) is 0 Å². The van der Waals surface area contributed by atoms with Crippen LogP contribution in [0.4, 0.5) is 5.69 Å². The number of likely N-dealkylation sites (tertiary alicyclic amines) is 1. The van der Waals surface area contributed by atoms with E-state index in [1.54, 1.807) is 19.3 Å². The minimum atomic E-state index is -0.816. The van der Waals surface area contributed by atoms with Crippen LogP contribution in [0.25, 0.3) is 6.08 Å². The van der Waals surface area contributed by atoms with Crippen molar-refractivity contribution in [2.24, 2.45) is 11.3 Å². The first-order valence-corrected chi connectivity index (χ1v) is 13.9. The first-order chi connectivity index (χ1) is 19.4. The number of benzene rings is 3. The van der Waals surface area contributed by atoms with Crippen molar-refractivity contribution in [3.63, 3.8) is 0 Å². The lowest BCUT2D eigenvalue weighted by Gasteiger charge is -2.59. The van der Waals surface area contributed by atoms with Gasteiger partial charge in [-0.05, 0) is 53.8 Å². The number of methoxy groups -OCH3 is 2. The first-order valence-electron chi connectivity index (χ1n) is 13.9. The molecule has 0 unspecified atom stereocenters. The van der Waals surface area contributed by atoms with Gasteiger partial charge in [0, 0.05) is 61.8 Å². The number of hydrogen-bond acceptors (Lipinski definition) is 5. The molecule has 0 N–H and O–H groups in total. The number of rotatable bonds is 6. The largest absolute Gasteiger partial charge is 0.496 e. The highest BCUT2D eigenvalue weighted by molar-refractivity contribution is 5.94. The number of carbonyl (C=O) groups is 2. The van der Waals surface area contributed by atoms with Crippen LogP contribution in [0.5, 0.6) is 5.75 Å². The van der Waals surface area contributed by atoms with Gasteiger partial charge in [0.05, 0.1) is 19.6 Å². The van der Waals surface area contributed by atoms with Crippen LogP contribution in [-0.4, -0.2) is 58.2 Å². The molecule has 1 saturated heterocycles. The van der Waals surface area contributed by atoms with Crippen molar-refractivity contribution in [3.05, 3.63) is 101 Å². The van der Waals surface area contributed by atoms with Gasteiger partial charge in [-0.25, -0.2) is 0 Å². The molecule has 1 aliphatic heterocycles. The molecule has 2 fully saturated rings. The fourth-order valence-electron chi connectivity index (χ4n) is 7.93. The Morgan fingerprint density at radius 2 is 1.77 bits per heavy atom. The van der Waals surface area contributed by atoms with Crippen molar-refractivity contribution < 1.29 is 19.1 Å². The summed E-state index contributed by atoms with van der Waals surface area (Å²) in [5, 5.41) is 0. The van der Waals surface area contributed by atoms with E-state index in [0.717, 1.165) is 24.1 Å². The molecular formula is C34H36N2O4. The van der Waals surface area contributed by atoms with E-state index in [1.165, 1.54) is 23.8 Å². The molecule has 3 aliphatic carbocycles. The third-order valence-electron chi connectivity index (χ3n) is 9.64. The average Bonchev–Trinajstić information content (AvgIpc) is 3.44. The van der Waals surface area contributed by atoms with Crippen LogP contribution in [0.2, 0.25) is 0 Å². The summed E-state index contributed by atoms with van der Waals surface area (Å²) in [6, 6.07) is 24.9. The van der Waals surface area contributed by atoms with Crippen molar-refractivity contribution in [2.45, 2.75) is 24.2 Å². The minimum Gasteiger partial charge on any atom is -0.496 e. The fraction of sp³-hybridized carbons (Fsp3) is 0.353. The van der Waals surface area contributed by atoms with Gasteiger partial charge in [0.15, 0.2) is 0 Å². The monoisotopic (exact) mass is 536 g/mol. The third kappa shape index (κ3) is 3.69. The normalized spacial score (nSPS) is 26.4. The molecule has 6 nitrogen and oxygen atoms in total. The number of carbonyl (C=O) groups excluding carboxylic acids is 2. The van der Waals surface area contributed by atoms with Crippen molar-refractivity contribution in [1.82, 2.24) is 4.90 Å². The molecule has 40 heavy (non-hydrogen) atoms. The third-order valence-corrected chi connectivity index (χ3v) is 9.64. The summed E-state index contributed by atoms with van der Waals surface area (Å²) >= 11 is 0. The van der Waals surface area contributed by atoms with Gasteiger partial charge in [-0.2, -0.15) is 0 Å². The summed E-state index contributed by atoms with van der Waals surface area (Å²) in [7, 11) is 7.20. The second kappa shape index (κ2) is 9.84. The molecule has 4 aliphatic rings. The zero-order valence-corrected chi connectivity index (χ0v) is 23.6. The maximum absolute atomic E-state index is 13.9. The number of nitrogens with zero attached hydrogens (tertiary/aromatic N) is 2. The van der Waals surface area contributed by atoms with E-state index < -0.39 is 10.8 Å². The van der Waals surface area contributed by atoms with Crippen molar-refractivity contribution in [3.8, 4) is 5.75 Å². The zero-order valence-electron chi connectivity index (χ0n) is 23.6. The Morgan fingerprint density at radius 1 is 1.00 bits per heavy atom. The van der Waals surface area contributed by atoms with Gasteiger partial charge in [0.1, 0.15) is 5.75 Å². The molecule has 7 rings (SSSR count). The smallest absolute Gasteiger partial charge is 0.314 e. The Balaban J connectivity index is 1.48. The number of fused-ring (bicyclic) bond motifs is 1. The Morgan fingerprint density at radius 3 is 2.55 bits per heavy atom. The molecule has 1 amide bonds. The van der Waals surface area contributed by atoms with E-state index in [0.29, 0.717) is 18.8 Å². The molecule has 0 aromatic heterocycles. The minimum absolute atomic E-state index is 0.00365. The van der Waals surface area contributed by atoms with Crippen LogP contribution in [0.15, 0.2) is 78.9 Å². The van der Waals surface area contributed by atoms with Crippen molar-refractivity contribution >= 4 is 23.6 Å². The van der Waals surface area contributed by atoms with E-state index in [-0.39, 0.29) is 23.7 Å². The van der Waals surface area contributed by atoms with Crippen LogP contribution in [-0.2, 0) is 19.7 Å². The summed E-state index contributed by atoms with van der Waals surface area (Å²) in [5.41, 5.74) is 4.42. The molecule has 2 bridgehead atoms. The van der Waals surface area contributed by atoms with Crippen LogP contribution in [0, 0.1) is 11.3 Å². The van der Waals surface area contributed by atoms with Gasteiger partial charge >= 0.3 is 5.97 Å². The van der Waals surface area contributed by atoms with Crippen molar-refractivity contribution in [2.75, 3.05) is 46.3 Å². The second-order valence-corrected chi connectivity index (χ2v) is 11.5. The van der Waals surface area contributed by atoms with Gasteiger partial charge in [0.25, 0.3) is 0 Å². The number of hydrogen-bond donors (Lipinski definition) is 0. The summed E-state index contributed by atoms with van der Waals surface area (Å²) in [6.07, 6.45) is 5.20. The van der Waals surface area contributed by atoms with Crippen LogP contribution in [0.3, 0.4) is 0 Å². The maximum atomic E-state index is 13.9. The average molecular weight is 537 g/mol. The van der Waals surface area contributed by atoms with Gasteiger partial charge in [-0.15, -0.1) is 0 Å². The molecule has 3 aromatic rings. The number of para-hydroxylation sites is 1. The lowest BCUT2D eigenvalue weighted by atomic mass is 9.42. The molecule has 1 heterocycles. The number of esters is 1. The molecule has 4 atom stereocenters. The Bertz CT molecular complexity index is 1500. The van der Waals surface area contributed by atoms with E-state index >= 15 is 0 Å². The molecule has 206 valence electrons. The molecule has 0 spiro atoms. The zero-order chi connectivity index (χ0) is 28.1. The van der Waals surface area contributed by atoms with Gasteiger partial charge in [0.2, 0.25) is 5.91 Å². The van der Waals surface area contributed by atoms with E-state index in [2.05, 4.69) is 53.4 Å². The standard InChI is InChI=1S/C34H36N2O4/c1-35(2)25-12-9-11-24(20-25)33-19-18-28(26-13-6-7-14-27(26)33)34(32(38)40-4)22-36(21-30(33)34)31(37)17-16-23-10-5-8-15-29(23)39-3/h5-17,20,28,30H,18-19,21-22H2,1-4H3/b17-16+/t28-,30-,33-,34-/m0/s1.